The van der Waals surface area contributed by atoms with Crippen molar-refractivity contribution in [2.45, 2.75) is 25.7 Å². The second-order valence-corrected chi connectivity index (χ2v) is 4.84. The Morgan fingerprint density at radius 2 is 2.05 bits per heavy atom. The second-order valence-electron chi connectivity index (χ2n) is 4.43. The lowest BCUT2D eigenvalue weighted by Crippen LogP contribution is -2.29. The molecule has 1 aromatic carbocycles. The molecule has 0 radical (unpaired) electrons. The molecular formula is C14H19ClN2O4. The van der Waals surface area contributed by atoms with Crippen molar-refractivity contribution in [1.82, 2.24) is 5.32 Å². The van der Waals surface area contributed by atoms with Crippen LogP contribution in [-0.4, -0.2) is 30.8 Å². The normalized spacial score (nSPS) is 10.0. The van der Waals surface area contributed by atoms with Gasteiger partial charge in [-0.15, -0.1) is 0 Å². The molecule has 6 nitrogen and oxygen atoms in total. The van der Waals surface area contributed by atoms with Crippen molar-refractivity contribution in [2.75, 3.05) is 19.0 Å². The van der Waals surface area contributed by atoms with Crippen LogP contribution < -0.4 is 15.4 Å². The van der Waals surface area contributed by atoms with Gasteiger partial charge in [0.1, 0.15) is 5.75 Å². The lowest BCUT2D eigenvalue weighted by Gasteiger charge is -2.09. The number of rotatable bonds is 8. The lowest BCUT2D eigenvalue weighted by molar-refractivity contribution is -0.137. The monoisotopic (exact) mass is 314 g/mol. The summed E-state index contributed by atoms with van der Waals surface area (Å²) >= 11 is 5.89. The van der Waals surface area contributed by atoms with E-state index >= 15 is 0 Å². The van der Waals surface area contributed by atoms with E-state index in [1.807, 2.05) is 0 Å². The summed E-state index contributed by atoms with van der Waals surface area (Å²) in [4.78, 5) is 22.0. The molecule has 0 aliphatic heterocycles. The number of unbranched alkanes of at least 4 members (excludes halogenated alkanes) is 2. The summed E-state index contributed by atoms with van der Waals surface area (Å²) in [5.41, 5.74) is 0.583. The van der Waals surface area contributed by atoms with Gasteiger partial charge < -0.3 is 20.5 Å². The van der Waals surface area contributed by atoms with Gasteiger partial charge in [0.2, 0.25) is 0 Å². The maximum atomic E-state index is 11.6. The van der Waals surface area contributed by atoms with Gasteiger partial charge in [0.05, 0.1) is 12.1 Å². The van der Waals surface area contributed by atoms with E-state index in [1.54, 1.807) is 18.2 Å². The zero-order valence-corrected chi connectivity index (χ0v) is 12.6. The van der Waals surface area contributed by atoms with Crippen LogP contribution in [0.25, 0.3) is 0 Å². The van der Waals surface area contributed by atoms with Gasteiger partial charge in [0.15, 0.2) is 0 Å². The van der Waals surface area contributed by atoms with Crippen LogP contribution in [0.1, 0.15) is 25.7 Å². The van der Waals surface area contributed by atoms with Crippen molar-refractivity contribution >= 4 is 29.3 Å². The number of methoxy groups -OCH3 is 1. The van der Waals surface area contributed by atoms with Crippen LogP contribution in [0.4, 0.5) is 10.5 Å². The van der Waals surface area contributed by atoms with Crippen LogP contribution in [0.5, 0.6) is 5.75 Å². The number of carboxylic acids is 1. The van der Waals surface area contributed by atoms with E-state index in [0.29, 0.717) is 29.4 Å². The van der Waals surface area contributed by atoms with Gasteiger partial charge in [-0.3, -0.25) is 4.79 Å². The molecule has 0 saturated heterocycles. The Balaban J connectivity index is 2.26. The second kappa shape index (κ2) is 9.07. The van der Waals surface area contributed by atoms with Crippen LogP contribution in [-0.2, 0) is 4.79 Å². The maximum Gasteiger partial charge on any atom is 0.319 e. The van der Waals surface area contributed by atoms with E-state index in [-0.39, 0.29) is 12.5 Å². The smallest absolute Gasteiger partial charge is 0.319 e. The molecule has 1 aromatic rings. The van der Waals surface area contributed by atoms with Gasteiger partial charge >= 0.3 is 12.0 Å². The largest absolute Gasteiger partial charge is 0.495 e. The number of hydrogen-bond donors (Lipinski definition) is 3. The third-order valence-electron chi connectivity index (χ3n) is 2.76. The van der Waals surface area contributed by atoms with Gasteiger partial charge in [-0.25, -0.2) is 4.79 Å². The van der Waals surface area contributed by atoms with Gasteiger partial charge in [0.25, 0.3) is 0 Å². The minimum Gasteiger partial charge on any atom is -0.495 e. The molecule has 0 saturated carbocycles. The predicted octanol–water partition coefficient (Wildman–Crippen LogP) is 3.12. The molecule has 0 atom stereocenters. The third-order valence-corrected chi connectivity index (χ3v) is 3.07. The number of aliphatic carboxylic acids is 1. The number of anilines is 1. The Bertz CT molecular complexity index is 494. The Kier molecular flexibility index (Phi) is 7.39. The Hall–Kier alpha value is -1.95. The average molecular weight is 315 g/mol. The first-order chi connectivity index (χ1) is 10.0. The molecule has 7 heteroatoms. The number of carboxylic acid groups (broad SMARTS) is 1. The summed E-state index contributed by atoms with van der Waals surface area (Å²) < 4.78 is 5.06. The molecule has 0 fully saturated rings. The maximum absolute atomic E-state index is 11.6. The van der Waals surface area contributed by atoms with Gasteiger partial charge in [-0.05, 0) is 25.0 Å². The minimum atomic E-state index is -0.794. The van der Waals surface area contributed by atoms with Crippen LogP contribution in [0.2, 0.25) is 5.02 Å². The van der Waals surface area contributed by atoms with Crippen molar-refractivity contribution in [1.29, 1.82) is 0 Å². The fourth-order valence-electron chi connectivity index (χ4n) is 1.69. The fraction of sp³-hybridized carbons (Fsp3) is 0.429. The first-order valence-corrected chi connectivity index (χ1v) is 7.01. The predicted molar refractivity (Wildman–Crippen MR) is 81.1 cm³/mol. The van der Waals surface area contributed by atoms with E-state index in [1.165, 1.54) is 7.11 Å². The van der Waals surface area contributed by atoms with Crippen molar-refractivity contribution in [3.05, 3.63) is 23.2 Å². The summed E-state index contributed by atoms with van der Waals surface area (Å²) in [5, 5.41) is 14.3. The lowest BCUT2D eigenvalue weighted by atomic mass is 10.2. The van der Waals surface area contributed by atoms with Crippen molar-refractivity contribution in [2.24, 2.45) is 0 Å². The number of benzene rings is 1. The summed E-state index contributed by atoms with van der Waals surface area (Å²) in [7, 11) is 1.50. The molecular weight excluding hydrogens is 296 g/mol. The van der Waals surface area contributed by atoms with Crippen LogP contribution in [0.15, 0.2) is 18.2 Å². The molecule has 0 aliphatic carbocycles. The van der Waals surface area contributed by atoms with Crippen molar-refractivity contribution in [3.63, 3.8) is 0 Å². The highest BCUT2D eigenvalue weighted by Gasteiger charge is 2.05. The first-order valence-electron chi connectivity index (χ1n) is 6.63. The highest BCUT2D eigenvalue weighted by molar-refractivity contribution is 6.32. The topological polar surface area (TPSA) is 87.7 Å². The number of ether oxygens (including phenoxy) is 1. The zero-order valence-electron chi connectivity index (χ0n) is 11.8. The standard InChI is InChI=1S/C14H19ClN2O4/c1-21-12-9-10(6-7-11(12)15)17-14(20)16-8-4-2-3-5-13(18)19/h6-7,9H,2-5,8H2,1H3,(H,18,19)(H2,16,17,20). The van der Waals surface area contributed by atoms with Gasteiger partial charge in [0, 0.05) is 24.7 Å². The SMILES string of the molecule is COc1cc(NC(=O)NCCCCCC(=O)O)ccc1Cl. The molecule has 0 spiro atoms. The van der Waals surface area contributed by atoms with Crippen molar-refractivity contribution < 1.29 is 19.4 Å². The molecule has 3 N–H and O–H groups in total. The van der Waals surface area contributed by atoms with Gasteiger partial charge in [-0.2, -0.15) is 0 Å². The average Bonchev–Trinajstić information content (AvgIpc) is 2.44. The highest BCUT2D eigenvalue weighted by Crippen LogP contribution is 2.27. The number of nitrogens with one attached hydrogen (secondary N) is 2. The third kappa shape index (κ3) is 6.85. The quantitative estimate of drug-likeness (QED) is 0.643. The molecule has 0 aliphatic rings. The summed E-state index contributed by atoms with van der Waals surface area (Å²) in [6.45, 7) is 0.496. The zero-order chi connectivity index (χ0) is 15.7. The van der Waals surface area contributed by atoms with E-state index in [4.69, 9.17) is 21.4 Å². The number of urea groups is 1. The first kappa shape index (κ1) is 17.1. The van der Waals surface area contributed by atoms with Crippen LogP contribution >= 0.6 is 11.6 Å². The van der Waals surface area contributed by atoms with Crippen LogP contribution in [0.3, 0.4) is 0 Å². The molecule has 21 heavy (non-hydrogen) atoms. The molecule has 1 rings (SSSR count). The Morgan fingerprint density at radius 1 is 1.29 bits per heavy atom. The van der Waals surface area contributed by atoms with Crippen molar-refractivity contribution in [3.8, 4) is 5.75 Å². The Labute approximate surface area is 128 Å². The summed E-state index contributed by atoms with van der Waals surface area (Å²) in [5.74, 6) is -0.305. The molecule has 2 amide bonds. The van der Waals surface area contributed by atoms with Crippen LogP contribution in [0, 0.1) is 0 Å². The van der Waals surface area contributed by atoms with E-state index in [9.17, 15) is 9.59 Å². The number of hydrogen-bond acceptors (Lipinski definition) is 3. The van der Waals surface area contributed by atoms with Gasteiger partial charge in [-0.1, -0.05) is 18.0 Å². The summed E-state index contributed by atoms with van der Waals surface area (Å²) in [6.07, 6.45) is 2.29. The number of carbonyl (C=O) groups excluding carboxylic acids is 1. The molecule has 0 unspecified atom stereocenters. The number of amides is 2. The highest BCUT2D eigenvalue weighted by atomic mass is 35.5. The number of halogens is 1. The van der Waals surface area contributed by atoms with E-state index in [0.717, 1.165) is 12.8 Å². The molecule has 0 aromatic heterocycles. The number of carbonyl (C=O) groups is 2. The molecule has 0 bridgehead atoms. The fourth-order valence-corrected chi connectivity index (χ4v) is 1.89. The summed E-state index contributed by atoms with van der Waals surface area (Å²) in [6, 6.07) is 4.63. The minimum absolute atomic E-state index is 0.163. The van der Waals surface area contributed by atoms with E-state index in [2.05, 4.69) is 10.6 Å². The molecule has 116 valence electrons. The van der Waals surface area contributed by atoms with E-state index < -0.39 is 5.97 Å². The Morgan fingerprint density at radius 3 is 2.71 bits per heavy atom. The molecule has 0 heterocycles.